The third-order valence-electron chi connectivity index (χ3n) is 1.84. The lowest BCUT2D eigenvalue weighted by Crippen LogP contribution is -2.23. The number of nitrogens with two attached hydrogens (primary N) is 2. The van der Waals surface area contributed by atoms with Gasteiger partial charge in [0.2, 0.25) is 0 Å². The van der Waals surface area contributed by atoms with Crippen LogP contribution in [-0.4, -0.2) is 13.1 Å². The van der Waals surface area contributed by atoms with E-state index in [4.69, 9.17) is 23.1 Å². The molecule has 1 aromatic carbocycles. The van der Waals surface area contributed by atoms with Gasteiger partial charge in [-0.15, -0.1) is 12.4 Å². The van der Waals surface area contributed by atoms with Crippen LogP contribution in [0.2, 0.25) is 5.02 Å². The number of anilines is 1. The highest BCUT2D eigenvalue weighted by Gasteiger charge is 2.18. The number of methoxy groups -OCH3 is 1. The number of carbonyl (C=O) groups excluding carboxylic acids is 1. The minimum Gasteiger partial charge on any atom is -0.468 e. The zero-order valence-corrected chi connectivity index (χ0v) is 9.64. The van der Waals surface area contributed by atoms with E-state index in [0.717, 1.165) is 0 Å². The molecule has 0 heterocycles. The third kappa shape index (κ3) is 3.27. The molecule has 0 aliphatic carbocycles. The summed E-state index contributed by atoms with van der Waals surface area (Å²) in [7, 11) is 1.27. The minimum atomic E-state index is -0.890. The van der Waals surface area contributed by atoms with Crippen molar-refractivity contribution < 1.29 is 9.53 Å². The van der Waals surface area contributed by atoms with E-state index in [2.05, 4.69) is 4.74 Å². The first kappa shape index (κ1) is 14.0. The van der Waals surface area contributed by atoms with Crippen LogP contribution in [0.15, 0.2) is 18.2 Å². The SMILES string of the molecule is COC(=O)[C@@H](N)c1cc(Cl)ccc1N.Cl. The predicted molar refractivity (Wildman–Crippen MR) is 62.1 cm³/mol. The maximum atomic E-state index is 11.1. The van der Waals surface area contributed by atoms with Crippen LogP contribution in [0.1, 0.15) is 11.6 Å². The second-order valence-corrected chi connectivity index (χ2v) is 3.21. The van der Waals surface area contributed by atoms with Crippen LogP contribution in [0.3, 0.4) is 0 Å². The number of esters is 1. The normalized spacial score (nSPS) is 11.4. The fourth-order valence-electron chi connectivity index (χ4n) is 1.07. The second-order valence-electron chi connectivity index (χ2n) is 2.77. The highest BCUT2D eigenvalue weighted by Crippen LogP contribution is 2.23. The molecular formula is C9H12Cl2N2O2. The predicted octanol–water partition coefficient (Wildman–Crippen LogP) is 1.52. The molecule has 15 heavy (non-hydrogen) atoms. The van der Waals surface area contributed by atoms with Crippen LogP contribution in [0.4, 0.5) is 5.69 Å². The van der Waals surface area contributed by atoms with E-state index in [1.54, 1.807) is 18.2 Å². The fraction of sp³-hybridized carbons (Fsp3) is 0.222. The number of ether oxygens (including phenoxy) is 1. The molecule has 0 amide bonds. The van der Waals surface area contributed by atoms with E-state index < -0.39 is 12.0 Å². The molecule has 1 aromatic rings. The molecule has 1 rings (SSSR count). The molecule has 0 aliphatic rings. The molecule has 4 N–H and O–H groups in total. The van der Waals surface area contributed by atoms with Crippen molar-refractivity contribution in [2.45, 2.75) is 6.04 Å². The van der Waals surface area contributed by atoms with Crippen molar-refractivity contribution in [3.05, 3.63) is 28.8 Å². The van der Waals surface area contributed by atoms with Gasteiger partial charge in [0.25, 0.3) is 0 Å². The standard InChI is InChI=1S/C9H11ClN2O2.ClH/c1-14-9(13)8(12)6-4-5(10)2-3-7(6)11;/h2-4,8H,11-12H2,1H3;1H/t8-;/m0./s1. The monoisotopic (exact) mass is 250 g/mol. The highest BCUT2D eigenvalue weighted by molar-refractivity contribution is 6.30. The molecule has 6 heteroatoms. The first-order chi connectivity index (χ1) is 6.56. The summed E-state index contributed by atoms with van der Waals surface area (Å²) in [6.07, 6.45) is 0. The summed E-state index contributed by atoms with van der Waals surface area (Å²) >= 11 is 5.75. The average Bonchev–Trinajstić information content (AvgIpc) is 2.19. The maximum Gasteiger partial charge on any atom is 0.327 e. The van der Waals surface area contributed by atoms with Gasteiger partial charge in [-0.1, -0.05) is 11.6 Å². The Bertz CT molecular complexity index is 358. The Hall–Kier alpha value is -0.970. The summed E-state index contributed by atoms with van der Waals surface area (Å²) in [4.78, 5) is 11.1. The molecule has 0 bridgehead atoms. The van der Waals surface area contributed by atoms with Crippen molar-refractivity contribution in [2.75, 3.05) is 12.8 Å². The summed E-state index contributed by atoms with van der Waals surface area (Å²) in [5.74, 6) is -0.543. The Morgan fingerprint density at radius 3 is 2.67 bits per heavy atom. The topological polar surface area (TPSA) is 78.3 Å². The van der Waals surface area contributed by atoms with Gasteiger partial charge in [0, 0.05) is 16.3 Å². The average molecular weight is 251 g/mol. The quantitative estimate of drug-likeness (QED) is 0.617. The fourth-order valence-corrected chi connectivity index (χ4v) is 1.25. The third-order valence-corrected chi connectivity index (χ3v) is 2.07. The number of hydrogen-bond donors (Lipinski definition) is 2. The van der Waals surface area contributed by atoms with Crippen LogP contribution in [0.5, 0.6) is 0 Å². The van der Waals surface area contributed by atoms with Crippen LogP contribution in [0.25, 0.3) is 0 Å². The smallest absolute Gasteiger partial charge is 0.327 e. The Morgan fingerprint density at radius 2 is 2.13 bits per heavy atom. The van der Waals surface area contributed by atoms with Gasteiger partial charge in [0.1, 0.15) is 6.04 Å². The Morgan fingerprint density at radius 1 is 1.53 bits per heavy atom. The van der Waals surface area contributed by atoms with Crippen LogP contribution in [-0.2, 0) is 9.53 Å². The van der Waals surface area contributed by atoms with Crippen molar-refractivity contribution >= 4 is 35.7 Å². The van der Waals surface area contributed by atoms with Gasteiger partial charge in [-0.2, -0.15) is 0 Å². The molecule has 0 aromatic heterocycles. The first-order valence-corrected chi connectivity index (χ1v) is 4.32. The van der Waals surface area contributed by atoms with Gasteiger partial charge in [-0.05, 0) is 18.2 Å². The van der Waals surface area contributed by atoms with Crippen molar-refractivity contribution in [1.29, 1.82) is 0 Å². The van der Waals surface area contributed by atoms with Crippen LogP contribution in [0, 0.1) is 0 Å². The van der Waals surface area contributed by atoms with Crippen LogP contribution < -0.4 is 11.5 Å². The summed E-state index contributed by atoms with van der Waals surface area (Å²) in [6.45, 7) is 0. The number of carbonyl (C=O) groups is 1. The zero-order chi connectivity index (χ0) is 10.7. The lowest BCUT2D eigenvalue weighted by Gasteiger charge is -2.12. The number of hydrogen-bond acceptors (Lipinski definition) is 4. The second kappa shape index (κ2) is 5.80. The summed E-state index contributed by atoms with van der Waals surface area (Å²) < 4.78 is 4.50. The van der Waals surface area contributed by atoms with Gasteiger partial charge in [0.15, 0.2) is 0 Å². The number of halogens is 2. The Labute approximate surface area is 98.9 Å². The van der Waals surface area contributed by atoms with E-state index in [1.165, 1.54) is 7.11 Å². The first-order valence-electron chi connectivity index (χ1n) is 3.94. The van der Waals surface area contributed by atoms with Gasteiger partial charge in [0.05, 0.1) is 7.11 Å². The number of benzene rings is 1. The van der Waals surface area contributed by atoms with E-state index in [0.29, 0.717) is 16.3 Å². The molecule has 1 atom stereocenters. The molecule has 0 saturated carbocycles. The van der Waals surface area contributed by atoms with Crippen molar-refractivity contribution in [1.82, 2.24) is 0 Å². The summed E-state index contributed by atoms with van der Waals surface area (Å²) in [5.41, 5.74) is 12.1. The molecule has 84 valence electrons. The number of nitrogen functional groups attached to an aromatic ring is 1. The van der Waals surface area contributed by atoms with E-state index >= 15 is 0 Å². The van der Waals surface area contributed by atoms with Gasteiger partial charge < -0.3 is 16.2 Å². The summed E-state index contributed by atoms with van der Waals surface area (Å²) in [5, 5.41) is 0.480. The lowest BCUT2D eigenvalue weighted by molar-refractivity contribution is -0.142. The Balaban J connectivity index is 0.00000196. The minimum absolute atomic E-state index is 0. The van der Waals surface area contributed by atoms with Crippen LogP contribution >= 0.6 is 24.0 Å². The van der Waals surface area contributed by atoms with Crippen molar-refractivity contribution in [2.24, 2.45) is 5.73 Å². The lowest BCUT2D eigenvalue weighted by atomic mass is 10.1. The molecule has 0 radical (unpaired) electrons. The molecule has 0 unspecified atom stereocenters. The van der Waals surface area contributed by atoms with E-state index in [-0.39, 0.29) is 12.4 Å². The van der Waals surface area contributed by atoms with E-state index in [1.807, 2.05) is 0 Å². The molecular weight excluding hydrogens is 239 g/mol. The van der Waals surface area contributed by atoms with Crippen molar-refractivity contribution in [3.63, 3.8) is 0 Å². The number of rotatable bonds is 2. The molecule has 0 fully saturated rings. The molecule has 4 nitrogen and oxygen atoms in total. The largest absolute Gasteiger partial charge is 0.468 e. The van der Waals surface area contributed by atoms with E-state index in [9.17, 15) is 4.79 Å². The highest BCUT2D eigenvalue weighted by atomic mass is 35.5. The van der Waals surface area contributed by atoms with Crippen molar-refractivity contribution in [3.8, 4) is 0 Å². The molecule has 0 spiro atoms. The van der Waals surface area contributed by atoms with Gasteiger partial charge >= 0.3 is 5.97 Å². The molecule has 0 aliphatic heterocycles. The van der Waals surface area contributed by atoms with Gasteiger partial charge in [-0.3, -0.25) is 4.79 Å². The zero-order valence-electron chi connectivity index (χ0n) is 8.07. The maximum absolute atomic E-state index is 11.1. The molecule has 0 saturated heterocycles. The Kier molecular flexibility index (Phi) is 5.43. The van der Waals surface area contributed by atoms with Gasteiger partial charge in [-0.25, -0.2) is 0 Å². The summed E-state index contributed by atoms with van der Waals surface area (Å²) in [6, 6.07) is 3.89.